The molecule has 4 nitrogen and oxygen atoms in total. The maximum Gasteiger partial charge on any atom is 0.221 e. The third kappa shape index (κ3) is 2.10. The van der Waals surface area contributed by atoms with E-state index in [0.717, 1.165) is 24.3 Å². The predicted molar refractivity (Wildman–Crippen MR) is 60.9 cm³/mol. The lowest BCUT2D eigenvalue weighted by Crippen LogP contribution is -2.40. The molecule has 0 saturated heterocycles. The van der Waals surface area contributed by atoms with Crippen molar-refractivity contribution in [3.8, 4) is 0 Å². The molecule has 0 aliphatic carbocycles. The van der Waals surface area contributed by atoms with Crippen LogP contribution in [0.15, 0.2) is 18.2 Å². The molecule has 0 spiro atoms. The number of fused-ring (bicyclic) bond motifs is 1. The highest BCUT2D eigenvalue weighted by Crippen LogP contribution is 2.25. The fourth-order valence-electron chi connectivity index (χ4n) is 1.81. The lowest BCUT2D eigenvalue weighted by atomic mass is 10.1. The molecule has 1 aromatic rings. The Morgan fingerprint density at radius 1 is 1.53 bits per heavy atom. The van der Waals surface area contributed by atoms with Gasteiger partial charge in [-0.25, -0.2) is 5.43 Å². The second kappa shape index (κ2) is 3.90. The zero-order valence-electron chi connectivity index (χ0n) is 9.00. The van der Waals surface area contributed by atoms with E-state index in [1.165, 1.54) is 12.5 Å². The van der Waals surface area contributed by atoms with Crippen molar-refractivity contribution in [3.63, 3.8) is 0 Å². The van der Waals surface area contributed by atoms with E-state index in [9.17, 15) is 4.79 Å². The van der Waals surface area contributed by atoms with E-state index in [-0.39, 0.29) is 5.91 Å². The molecule has 4 heteroatoms. The van der Waals surface area contributed by atoms with Crippen LogP contribution in [-0.4, -0.2) is 19.5 Å². The molecule has 1 aliphatic heterocycles. The number of carbonyl (C=O) groups excluding carboxylic acids is 1. The first kappa shape index (κ1) is 9.98. The number of nitrogens with zero attached hydrogens (tertiary/aromatic N) is 1. The maximum atomic E-state index is 10.9. The first-order chi connectivity index (χ1) is 7.16. The third-order valence-electron chi connectivity index (χ3n) is 2.51. The minimum atomic E-state index is -0.0404. The summed E-state index contributed by atoms with van der Waals surface area (Å²) >= 11 is 0. The first-order valence-electron chi connectivity index (χ1n) is 5.04. The van der Waals surface area contributed by atoms with Crippen LogP contribution in [0.25, 0.3) is 0 Å². The molecular formula is C11H15N3O. The monoisotopic (exact) mass is 205 g/mol. The summed E-state index contributed by atoms with van der Waals surface area (Å²) in [4.78, 5) is 10.9. The van der Waals surface area contributed by atoms with E-state index in [4.69, 9.17) is 0 Å². The normalized spacial score (nSPS) is 14.7. The van der Waals surface area contributed by atoms with Gasteiger partial charge >= 0.3 is 0 Å². The molecule has 0 saturated carbocycles. The van der Waals surface area contributed by atoms with E-state index in [0.29, 0.717) is 0 Å². The van der Waals surface area contributed by atoms with Gasteiger partial charge in [0, 0.05) is 26.2 Å². The van der Waals surface area contributed by atoms with Gasteiger partial charge in [-0.2, -0.15) is 0 Å². The number of benzene rings is 1. The standard InChI is InChI=1S/C11H15N3O/c1-8(15)13-10-4-3-9-5-6-12-14(2)11(9)7-10/h3-4,7,12H,5-6H2,1-2H3,(H,13,15). The number of amides is 1. The van der Waals surface area contributed by atoms with Crippen molar-refractivity contribution >= 4 is 17.3 Å². The van der Waals surface area contributed by atoms with Crippen molar-refractivity contribution in [2.75, 3.05) is 23.9 Å². The van der Waals surface area contributed by atoms with Crippen LogP contribution >= 0.6 is 0 Å². The van der Waals surface area contributed by atoms with Crippen LogP contribution in [0.3, 0.4) is 0 Å². The van der Waals surface area contributed by atoms with E-state index in [1.54, 1.807) is 0 Å². The number of carbonyl (C=O) groups is 1. The number of nitrogens with one attached hydrogen (secondary N) is 2. The van der Waals surface area contributed by atoms with Crippen LogP contribution in [0, 0.1) is 0 Å². The number of hydrazine groups is 1. The Morgan fingerprint density at radius 2 is 2.33 bits per heavy atom. The molecule has 2 N–H and O–H groups in total. The molecule has 1 amide bonds. The van der Waals surface area contributed by atoms with E-state index < -0.39 is 0 Å². The topological polar surface area (TPSA) is 44.4 Å². The summed E-state index contributed by atoms with van der Waals surface area (Å²) in [5.74, 6) is -0.0404. The first-order valence-corrected chi connectivity index (χ1v) is 5.04. The molecule has 2 rings (SSSR count). The summed E-state index contributed by atoms with van der Waals surface area (Å²) in [6.45, 7) is 2.48. The average molecular weight is 205 g/mol. The van der Waals surface area contributed by atoms with Crippen LogP contribution < -0.4 is 15.8 Å². The van der Waals surface area contributed by atoms with Crippen LogP contribution in [0.1, 0.15) is 12.5 Å². The quantitative estimate of drug-likeness (QED) is 0.722. The molecule has 0 bridgehead atoms. The Balaban J connectivity index is 2.31. The van der Waals surface area contributed by atoms with Gasteiger partial charge in [0.2, 0.25) is 5.91 Å². The van der Waals surface area contributed by atoms with Gasteiger partial charge in [-0.05, 0) is 24.1 Å². The molecule has 1 heterocycles. The molecular weight excluding hydrogens is 190 g/mol. The van der Waals surface area contributed by atoms with E-state index in [1.807, 2.05) is 24.2 Å². The SMILES string of the molecule is CC(=O)Nc1ccc2c(c1)N(C)NCC2. The molecule has 0 unspecified atom stereocenters. The summed E-state index contributed by atoms with van der Waals surface area (Å²) in [6, 6.07) is 6.00. The minimum absolute atomic E-state index is 0.0404. The van der Waals surface area contributed by atoms with Gasteiger partial charge in [-0.3, -0.25) is 4.79 Å². The lowest BCUT2D eigenvalue weighted by molar-refractivity contribution is -0.114. The summed E-state index contributed by atoms with van der Waals surface area (Å²) in [6.07, 6.45) is 1.03. The van der Waals surface area contributed by atoms with Gasteiger partial charge in [0.05, 0.1) is 5.69 Å². The van der Waals surface area contributed by atoms with Crippen LogP contribution in [0.4, 0.5) is 11.4 Å². The number of rotatable bonds is 1. The zero-order chi connectivity index (χ0) is 10.8. The summed E-state index contributed by atoms with van der Waals surface area (Å²) in [7, 11) is 1.98. The van der Waals surface area contributed by atoms with Crippen LogP contribution in [0.5, 0.6) is 0 Å². The number of hydrogen-bond acceptors (Lipinski definition) is 3. The Labute approximate surface area is 89.2 Å². The van der Waals surface area contributed by atoms with Crippen LogP contribution in [-0.2, 0) is 11.2 Å². The number of hydrogen-bond donors (Lipinski definition) is 2. The molecule has 0 atom stereocenters. The van der Waals surface area contributed by atoms with E-state index >= 15 is 0 Å². The van der Waals surface area contributed by atoms with Crippen molar-refractivity contribution < 1.29 is 4.79 Å². The van der Waals surface area contributed by atoms with Crippen molar-refractivity contribution in [2.24, 2.45) is 0 Å². The molecule has 80 valence electrons. The fourth-order valence-corrected chi connectivity index (χ4v) is 1.81. The van der Waals surface area contributed by atoms with Crippen LogP contribution in [0.2, 0.25) is 0 Å². The van der Waals surface area contributed by atoms with Crippen molar-refractivity contribution in [1.82, 2.24) is 5.43 Å². The van der Waals surface area contributed by atoms with E-state index in [2.05, 4.69) is 16.8 Å². The van der Waals surface area contributed by atoms with Crippen molar-refractivity contribution in [2.45, 2.75) is 13.3 Å². The van der Waals surface area contributed by atoms with Crippen molar-refractivity contribution in [1.29, 1.82) is 0 Å². The largest absolute Gasteiger partial charge is 0.326 e. The van der Waals surface area contributed by atoms with Crippen molar-refractivity contribution in [3.05, 3.63) is 23.8 Å². The summed E-state index contributed by atoms with van der Waals surface area (Å²) in [5, 5.41) is 4.77. The summed E-state index contributed by atoms with van der Waals surface area (Å²) in [5.41, 5.74) is 6.53. The van der Waals surface area contributed by atoms with Gasteiger partial charge in [0.1, 0.15) is 0 Å². The Hall–Kier alpha value is -1.55. The molecule has 1 aliphatic rings. The van der Waals surface area contributed by atoms with Gasteiger partial charge in [-0.15, -0.1) is 0 Å². The third-order valence-corrected chi connectivity index (χ3v) is 2.51. The summed E-state index contributed by atoms with van der Waals surface area (Å²) < 4.78 is 0. The molecule has 15 heavy (non-hydrogen) atoms. The molecule has 1 aromatic carbocycles. The van der Waals surface area contributed by atoms with Gasteiger partial charge in [0.15, 0.2) is 0 Å². The smallest absolute Gasteiger partial charge is 0.221 e. The highest BCUT2D eigenvalue weighted by atomic mass is 16.1. The minimum Gasteiger partial charge on any atom is -0.326 e. The number of anilines is 2. The Bertz CT molecular complexity index is 389. The second-order valence-corrected chi connectivity index (χ2v) is 3.74. The zero-order valence-corrected chi connectivity index (χ0v) is 9.00. The van der Waals surface area contributed by atoms with Gasteiger partial charge in [-0.1, -0.05) is 6.07 Å². The Kier molecular flexibility index (Phi) is 2.60. The maximum absolute atomic E-state index is 10.9. The molecule has 0 aromatic heterocycles. The Morgan fingerprint density at radius 3 is 3.07 bits per heavy atom. The molecule has 0 radical (unpaired) electrons. The second-order valence-electron chi connectivity index (χ2n) is 3.74. The highest BCUT2D eigenvalue weighted by molar-refractivity contribution is 5.89. The van der Waals surface area contributed by atoms with Gasteiger partial charge in [0.25, 0.3) is 0 Å². The average Bonchev–Trinajstić information content (AvgIpc) is 2.18. The lowest BCUT2D eigenvalue weighted by Gasteiger charge is -2.28. The molecule has 0 fully saturated rings. The highest BCUT2D eigenvalue weighted by Gasteiger charge is 2.13. The fraction of sp³-hybridized carbons (Fsp3) is 0.364. The predicted octanol–water partition coefficient (Wildman–Crippen LogP) is 1.14. The van der Waals surface area contributed by atoms with Gasteiger partial charge < -0.3 is 10.3 Å².